The summed E-state index contributed by atoms with van der Waals surface area (Å²) < 4.78 is 6.06. The number of nitrogens with one attached hydrogen (secondary N) is 2. The first-order valence-corrected chi connectivity index (χ1v) is 13.1. The Balaban J connectivity index is 1.28. The fraction of sp³-hybridized carbons (Fsp3) is 0.300. The molecular formula is C30H29N5O2. The molecule has 4 heterocycles. The Morgan fingerprint density at radius 2 is 2.00 bits per heavy atom. The predicted molar refractivity (Wildman–Crippen MR) is 145 cm³/mol. The van der Waals surface area contributed by atoms with Crippen molar-refractivity contribution in [3.05, 3.63) is 77.3 Å². The van der Waals surface area contributed by atoms with Crippen LogP contribution in [0.15, 0.2) is 54.9 Å². The van der Waals surface area contributed by atoms with E-state index in [0.29, 0.717) is 30.4 Å². The highest BCUT2D eigenvalue weighted by molar-refractivity contribution is 6.09. The summed E-state index contributed by atoms with van der Waals surface area (Å²) in [5, 5.41) is 4.41. The number of carbonyl (C=O) groups is 1. The summed E-state index contributed by atoms with van der Waals surface area (Å²) >= 11 is 0. The zero-order valence-corrected chi connectivity index (χ0v) is 20.9. The number of hydrogen-bond donors (Lipinski definition) is 2. The second-order valence-corrected chi connectivity index (χ2v) is 10.1. The SMILES string of the molecule is Cc1c(-c2ncnc3[nH]c(C4=CCCNC4)cc23)cccc1N1CCOc2cc(C3CC3)ccc2C1=O. The lowest BCUT2D eigenvalue weighted by Gasteiger charge is -2.23. The van der Waals surface area contributed by atoms with E-state index in [1.54, 1.807) is 6.33 Å². The summed E-state index contributed by atoms with van der Waals surface area (Å²) in [6, 6.07) is 14.3. The van der Waals surface area contributed by atoms with Crippen LogP contribution in [0.2, 0.25) is 0 Å². The Bertz CT molecular complexity index is 1570. The highest BCUT2D eigenvalue weighted by Gasteiger charge is 2.30. The number of aromatic nitrogens is 3. The molecule has 1 fully saturated rings. The molecule has 7 rings (SSSR count). The minimum atomic E-state index is -0.0244. The fourth-order valence-electron chi connectivity index (χ4n) is 5.58. The van der Waals surface area contributed by atoms with Crippen LogP contribution in [-0.4, -0.2) is 47.1 Å². The molecule has 2 aromatic heterocycles. The molecular weight excluding hydrogens is 462 g/mol. The van der Waals surface area contributed by atoms with E-state index in [1.807, 2.05) is 23.1 Å². The van der Waals surface area contributed by atoms with Gasteiger partial charge in [0.25, 0.3) is 5.91 Å². The molecule has 0 unspecified atom stereocenters. The Morgan fingerprint density at radius 1 is 1.08 bits per heavy atom. The van der Waals surface area contributed by atoms with Gasteiger partial charge < -0.3 is 19.9 Å². The quantitative estimate of drug-likeness (QED) is 0.409. The van der Waals surface area contributed by atoms with E-state index in [0.717, 1.165) is 58.7 Å². The molecule has 0 bridgehead atoms. The van der Waals surface area contributed by atoms with Gasteiger partial charge in [0.05, 0.1) is 17.8 Å². The lowest BCUT2D eigenvalue weighted by atomic mass is 10.00. The Labute approximate surface area is 215 Å². The number of hydrogen-bond acceptors (Lipinski definition) is 5. The topological polar surface area (TPSA) is 83.1 Å². The third-order valence-electron chi connectivity index (χ3n) is 7.75. The number of amides is 1. The zero-order valence-electron chi connectivity index (χ0n) is 20.9. The monoisotopic (exact) mass is 491 g/mol. The largest absolute Gasteiger partial charge is 0.491 e. The van der Waals surface area contributed by atoms with E-state index in [1.165, 1.54) is 24.0 Å². The smallest absolute Gasteiger partial charge is 0.262 e. The number of anilines is 1. The minimum absolute atomic E-state index is 0.0244. The van der Waals surface area contributed by atoms with Crippen LogP contribution in [0.1, 0.15) is 52.4 Å². The van der Waals surface area contributed by atoms with Gasteiger partial charge in [0, 0.05) is 28.9 Å². The molecule has 1 amide bonds. The molecule has 0 spiro atoms. The van der Waals surface area contributed by atoms with Crippen molar-refractivity contribution in [2.45, 2.75) is 32.1 Å². The van der Waals surface area contributed by atoms with Gasteiger partial charge in [-0.2, -0.15) is 0 Å². The van der Waals surface area contributed by atoms with Gasteiger partial charge in [0.2, 0.25) is 0 Å². The maximum atomic E-state index is 13.7. The van der Waals surface area contributed by atoms with Crippen LogP contribution in [-0.2, 0) is 0 Å². The summed E-state index contributed by atoms with van der Waals surface area (Å²) in [4.78, 5) is 28.2. The van der Waals surface area contributed by atoms with Gasteiger partial charge in [-0.1, -0.05) is 24.3 Å². The molecule has 7 heteroatoms. The molecule has 7 nitrogen and oxygen atoms in total. The molecule has 2 N–H and O–H groups in total. The maximum Gasteiger partial charge on any atom is 0.262 e. The van der Waals surface area contributed by atoms with Crippen LogP contribution >= 0.6 is 0 Å². The summed E-state index contributed by atoms with van der Waals surface area (Å²) in [5.41, 5.74) is 8.78. The molecule has 1 saturated carbocycles. The number of carbonyl (C=O) groups excluding carboxylic acids is 1. The summed E-state index contributed by atoms with van der Waals surface area (Å²) in [6.07, 6.45) is 7.34. The fourth-order valence-corrected chi connectivity index (χ4v) is 5.58. The van der Waals surface area contributed by atoms with Crippen molar-refractivity contribution in [1.29, 1.82) is 0 Å². The predicted octanol–water partition coefficient (Wildman–Crippen LogP) is 5.23. The van der Waals surface area contributed by atoms with Gasteiger partial charge in [0.1, 0.15) is 24.3 Å². The van der Waals surface area contributed by atoms with Gasteiger partial charge in [0.15, 0.2) is 0 Å². The average Bonchev–Trinajstić information content (AvgIpc) is 3.71. The van der Waals surface area contributed by atoms with Crippen molar-refractivity contribution in [2.75, 3.05) is 31.1 Å². The van der Waals surface area contributed by atoms with Crippen LogP contribution in [0.3, 0.4) is 0 Å². The Kier molecular flexibility index (Phi) is 5.32. The van der Waals surface area contributed by atoms with Crippen molar-refractivity contribution < 1.29 is 9.53 Å². The standard InChI is InChI=1S/C30H29N5O2/c1-18-22(28-24-15-25(21-4-3-11-31-16-21)34-29(24)33-17-32-28)5-2-6-26(18)35-12-13-37-27-14-20(19-7-8-19)9-10-23(27)30(35)36/h2,4-6,9-10,14-15,17,19,31H,3,7-8,11-13,16H2,1H3,(H,32,33,34). The van der Waals surface area contributed by atoms with Gasteiger partial charge in [-0.25, -0.2) is 9.97 Å². The van der Waals surface area contributed by atoms with E-state index in [-0.39, 0.29) is 5.91 Å². The molecule has 1 aliphatic carbocycles. The molecule has 37 heavy (non-hydrogen) atoms. The van der Waals surface area contributed by atoms with E-state index in [2.05, 4.69) is 52.5 Å². The van der Waals surface area contributed by atoms with Crippen molar-refractivity contribution in [3.8, 4) is 17.0 Å². The highest BCUT2D eigenvalue weighted by Crippen LogP contribution is 2.42. The number of fused-ring (bicyclic) bond motifs is 2. The average molecular weight is 492 g/mol. The Morgan fingerprint density at radius 3 is 2.84 bits per heavy atom. The van der Waals surface area contributed by atoms with Gasteiger partial charge >= 0.3 is 0 Å². The molecule has 186 valence electrons. The zero-order chi connectivity index (χ0) is 24.9. The van der Waals surface area contributed by atoms with Crippen LogP contribution < -0.4 is 15.0 Å². The van der Waals surface area contributed by atoms with E-state index >= 15 is 0 Å². The first kappa shape index (κ1) is 22.2. The van der Waals surface area contributed by atoms with Crippen molar-refractivity contribution >= 4 is 28.2 Å². The molecule has 0 saturated heterocycles. The lowest BCUT2D eigenvalue weighted by molar-refractivity contribution is 0.0989. The summed E-state index contributed by atoms with van der Waals surface area (Å²) in [6.45, 7) is 4.86. The van der Waals surface area contributed by atoms with E-state index in [9.17, 15) is 4.79 Å². The van der Waals surface area contributed by atoms with Crippen LogP contribution in [0.25, 0.3) is 27.9 Å². The van der Waals surface area contributed by atoms with E-state index in [4.69, 9.17) is 9.72 Å². The maximum absolute atomic E-state index is 13.7. The highest BCUT2D eigenvalue weighted by atomic mass is 16.5. The molecule has 3 aliphatic rings. The molecule has 0 atom stereocenters. The number of ether oxygens (including phenoxy) is 1. The summed E-state index contributed by atoms with van der Waals surface area (Å²) in [7, 11) is 0. The molecule has 2 aliphatic heterocycles. The third kappa shape index (κ3) is 3.90. The number of benzene rings is 2. The minimum Gasteiger partial charge on any atom is -0.491 e. The van der Waals surface area contributed by atoms with Gasteiger partial charge in [-0.3, -0.25) is 4.79 Å². The first-order chi connectivity index (χ1) is 18.2. The molecule has 4 aromatic rings. The van der Waals surface area contributed by atoms with Gasteiger partial charge in [-0.15, -0.1) is 0 Å². The second-order valence-electron chi connectivity index (χ2n) is 10.1. The number of rotatable bonds is 4. The lowest BCUT2D eigenvalue weighted by Crippen LogP contribution is -2.33. The number of aromatic amines is 1. The normalized spacial score (nSPS) is 17.8. The van der Waals surface area contributed by atoms with E-state index < -0.39 is 0 Å². The number of nitrogens with zero attached hydrogens (tertiary/aromatic N) is 3. The van der Waals surface area contributed by atoms with Crippen molar-refractivity contribution in [1.82, 2.24) is 20.3 Å². The third-order valence-corrected chi connectivity index (χ3v) is 7.75. The van der Waals surface area contributed by atoms with Gasteiger partial charge in [-0.05, 0) is 79.6 Å². The van der Waals surface area contributed by atoms with Crippen molar-refractivity contribution in [3.63, 3.8) is 0 Å². The van der Waals surface area contributed by atoms with Crippen LogP contribution in [0.5, 0.6) is 5.75 Å². The molecule has 0 radical (unpaired) electrons. The first-order valence-electron chi connectivity index (χ1n) is 13.1. The van der Waals surface area contributed by atoms with Crippen molar-refractivity contribution in [2.24, 2.45) is 0 Å². The summed E-state index contributed by atoms with van der Waals surface area (Å²) in [5.74, 6) is 1.30. The van der Waals surface area contributed by atoms with Crippen LogP contribution in [0.4, 0.5) is 5.69 Å². The Hall–Kier alpha value is -3.97. The van der Waals surface area contributed by atoms with Crippen LogP contribution in [0, 0.1) is 6.92 Å². The second kappa shape index (κ2) is 8.85. The number of H-pyrrole nitrogens is 1. The molecule has 2 aromatic carbocycles.